The molecule has 0 amide bonds. The van der Waals surface area contributed by atoms with Crippen LogP contribution >= 0.6 is 0 Å². The average Bonchev–Trinajstić information content (AvgIpc) is 3.51. The van der Waals surface area contributed by atoms with Gasteiger partial charge in [-0.3, -0.25) is 0 Å². The molecule has 0 saturated carbocycles. The van der Waals surface area contributed by atoms with Crippen LogP contribution in [0.5, 0.6) is 0 Å². The van der Waals surface area contributed by atoms with Crippen LogP contribution in [0.3, 0.4) is 0 Å². The molecule has 2 nitrogen and oxygen atoms in total. The summed E-state index contributed by atoms with van der Waals surface area (Å²) in [5.74, 6) is 0. The second-order valence-corrected chi connectivity index (χ2v) is 11.8. The van der Waals surface area contributed by atoms with E-state index in [2.05, 4.69) is 169 Å². The van der Waals surface area contributed by atoms with Crippen molar-refractivity contribution in [1.82, 2.24) is 0 Å². The number of para-hydroxylation sites is 2. The Bertz CT molecular complexity index is 2520. The Kier molecular flexibility index (Phi) is 6.17. The van der Waals surface area contributed by atoms with Crippen molar-refractivity contribution in [3.63, 3.8) is 0 Å². The van der Waals surface area contributed by atoms with E-state index in [1.165, 1.54) is 32.7 Å². The van der Waals surface area contributed by atoms with E-state index in [1.807, 2.05) is 12.1 Å². The standard InChI is InChI=1S/C44H29NO/c1-2-11-34-29-35(20-19-30(34)9-1)31-21-25-36(26-22-31)45(42-17-7-12-32-10-3-4-13-38(32)42)37-27-23-33(24-28-37)39-15-8-16-41-40-14-5-6-18-43(40)46-44(39)41/h1-29H. The van der Waals surface area contributed by atoms with Crippen molar-refractivity contribution < 1.29 is 4.42 Å². The first-order valence-corrected chi connectivity index (χ1v) is 15.7. The number of hydrogen-bond donors (Lipinski definition) is 0. The molecule has 0 saturated heterocycles. The number of furan rings is 1. The van der Waals surface area contributed by atoms with Crippen molar-refractivity contribution in [2.24, 2.45) is 0 Å². The zero-order chi connectivity index (χ0) is 30.5. The normalized spacial score (nSPS) is 11.5. The van der Waals surface area contributed by atoms with E-state index in [4.69, 9.17) is 4.42 Å². The first-order chi connectivity index (χ1) is 22.8. The van der Waals surface area contributed by atoms with E-state index in [1.54, 1.807) is 0 Å². The molecule has 46 heavy (non-hydrogen) atoms. The van der Waals surface area contributed by atoms with E-state index in [0.717, 1.165) is 50.1 Å². The fraction of sp³-hybridized carbons (Fsp3) is 0. The lowest BCUT2D eigenvalue weighted by Crippen LogP contribution is -2.10. The van der Waals surface area contributed by atoms with Crippen LogP contribution < -0.4 is 4.90 Å². The highest BCUT2D eigenvalue weighted by Crippen LogP contribution is 2.41. The quantitative estimate of drug-likeness (QED) is 0.199. The fourth-order valence-corrected chi connectivity index (χ4v) is 6.77. The van der Waals surface area contributed by atoms with Gasteiger partial charge in [0.15, 0.2) is 0 Å². The number of rotatable bonds is 5. The van der Waals surface area contributed by atoms with Gasteiger partial charge in [0.2, 0.25) is 0 Å². The van der Waals surface area contributed by atoms with Crippen molar-refractivity contribution in [2.75, 3.05) is 4.90 Å². The Labute approximate surface area is 267 Å². The topological polar surface area (TPSA) is 16.4 Å². The summed E-state index contributed by atoms with van der Waals surface area (Å²) in [5, 5.41) is 7.21. The van der Waals surface area contributed by atoms with Crippen LogP contribution in [0.4, 0.5) is 17.1 Å². The van der Waals surface area contributed by atoms with Crippen molar-refractivity contribution in [3.8, 4) is 22.3 Å². The molecule has 0 radical (unpaired) electrons. The lowest BCUT2D eigenvalue weighted by Gasteiger charge is -2.27. The number of anilines is 3. The van der Waals surface area contributed by atoms with Crippen molar-refractivity contribution in [1.29, 1.82) is 0 Å². The molecule has 2 heteroatoms. The molecule has 0 spiro atoms. The summed E-state index contributed by atoms with van der Waals surface area (Å²) in [6.45, 7) is 0. The minimum atomic E-state index is 0.913. The summed E-state index contributed by atoms with van der Waals surface area (Å²) in [6, 6.07) is 62.8. The Morgan fingerprint density at radius 2 is 0.957 bits per heavy atom. The van der Waals surface area contributed by atoms with Gasteiger partial charge in [-0.15, -0.1) is 0 Å². The van der Waals surface area contributed by atoms with Gasteiger partial charge in [-0.1, -0.05) is 133 Å². The smallest absolute Gasteiger partial charge is 0.143 e. The minimum absolute atomic E-state index is 0.913. The highest BCUT2D eigenvalue weighted by atomic mass is 16.3. The molecular weight excluding hydrogens is 558 g/mol. The van der Waals surface area contributed by atoms with Gasteiger partial charge >= 0.3 is 0 Å². The van der Waals surface area contributed by atoms with Gasteiger partial charge in [-0.25, -0.2) is 0 Å². The van der Waals surface area contributed by atoms with Crippen LogP contribution in [0.25, 0.3) is 65.7 Å². The zero-order valence-corrected chi connectivity index (χ0v) is 25.1. The van der Waals surface area contributed by atoms with Crippen LogP contribution in [-0.2, 0) is 0 Å². The number of benzene rings is 8. The van der Waals surface area contributed by atoms with Gasteiger partial charge in [-0.2, -0.15) is 0 Å². The van der Waals surface area contributed by atoms with Gasteiger partial charge in [0.1, 0.15) is 11.2 Å². The molecule has 0 fully saturated rings. The molecular formula is C44H29NO. The van der Waals surface area contributed by atoms with Crippen LogP contribution in [0.15, 0.2) is 180 Å². The largest absolute Gasteiger partial charge is 0.455 e. The third-order valence-corrected chi connectivity index (χ3v) is 9.06. The van der Waals surface area contributed by atoms with Gasteiger partial charge in [0, 0.05) is 33.1 Å². The van der Waals surface area contributed by atoms with E-state index < -0.39 is 0 Å². The zero-order valence-electron chi connectivity index (χ0n) is 25.1. The third-order valence-electron chi connectivity index (χ3n) is 9.06. The van der Waals surface area contributed by atoms with E-state index in [-0.39, 0.29) is 0 Å². The SMILES string of the molecule is c1ccc2cc(-c3ccc(N(c4ccc(-c5cccc6c5oc5ccccc56)cc4)c4cccc5ccccc45)cc3)ccc2c1. The number of fused-ring (bicyclic) bond motifs is 5. The summed E-state index contributed by atoms with van der Waals surface area (Å²) in [4.78, 5) is 2.36. The van der Waals surface area contributed by atoms with Crippen LogP contribution in [0.1, 0.15) is 0 Å². The Morgan fingerprint density at radius 3 is 1.76 bits per heavy atom. The number of hydrogen-bond acceptors (Lipinski definition) is 2. The lowest BCUT2D eigenvalue weighted by atomic mass is 10.00. The molecule has 0 aliphatic rings. The maximum absolute atomic E-state index is 6.36. The second-order valence-electron chi connectivity index (χ2n) is 11.8. The molecule has 0 aliphatic carbocycles. The second kappa shape index (κ2) is 10.8. The summed E-state index contributed by atoms with van der Waals surface area (Å²) >= 11 is 0. The van der Waals surface area contributed by atoms with Gasteiger partial charge in [0.25, 0.3) is 0 Å². The van der Waals surface area contributed by atoms with Crippen LogP contribution in [-0.4, -0.2) is 0 Å². The van der Waals surface area contributed by atoms with E-state index >= 15 is 0 Å². The number of nitrogens with zero attached hydrogens (tertiary/aromatic N) is 1. The summed E-state index contributed by atoms with van der Waals surface area (Å²) in [7, 11) is 0. The van der Waals surface area contributed by atoms with Crippen LogP contribution in [0.2, 0.25) is 0 Å². The first-order valence-electron chi connectivity index (χ1n) is 15.7. The first kappa shape index (κ1) is 26.3. The predicted octanol–water partition coefficient (Wildman–Crippen LogP) is 12.7. The maximum Gasteiger partial charge on any atom is 0.143 e. The fourth-order valence-electron chi connectivity index (χ4n) is 6.77. The Balaban J connectivity index is 1.15. The molecule has 216 valence electrons. The molecule has 0 N–H and O–H groups in total. The van der Waals surface area contributed by atoms with Crippen molar-refractivity contribution in [3.05, 3.63) is 176 Å². The summed E-state index contributed by atoms with van der Waals surface area (Å²) in [5.41, 5.74) is 9.80. The molecule has 9 aromatic rings. The predicted molar refractivity (Wildman–Crippen MR) is 194 cm³/mol. The average molecular weight is 588 g/mol. The van der Waals surface area contributed by atoms with E-state index in [9.17, 15) is 0 Å². The van der Waals surface area contributed by atoms with Crippen molar-refractivity contribution in [2.45, 2.75) is 0 Å². The third kappa shape index (κ3) is 4.43. The van der Waals surface area contributed by atoms with Crippen LogP contribution in [0, 0.1) is 0 Å². The van der Waals surface area contributed by atoms with Gasteiger partial charge in [0.05, 0.1) is 5.69 Å². The molecule has 8 aromatic carbocycles. The van der Waals surface area contributed by atoms with E-state index in [0.29, 0.717) is 0 Å². The summed E-state index contributed by atoms with van der Waals surface area (Å²) in [6.07, 6.45) is 0. The van der Waals surface area contributed by atoms with Crippen molar-refractivity contribution >= 4 is 60.5 Å². The monoisotopic (exact) mass is 587 g/mol. The minimum Gasteiger partial charge on any atom is -0.455 e. The highest BCUT2D eigenvalue weighted by molar-refractivity contribution is 6.09. The highest BCUT2D eigenvalue weighted by Gasteiger charge is 2.17. The molecule has 1 heterocycles. The molecule has 1 aromatic heterocycles. The molecule has 0 atom stereocenters. The van der Waals surface area contributed by atoms with Gasteiger partial charge in [-0.05, 0) is 75.3 Å². The van der Waals surface area contributed by atoms with Gasteiger partial charge < -0.3 is 9.32 Å². The Morgan fingerprint density at radius 1 is 0.370 bits per heavy atom. The molecule has 9 rings (SSSR count). The maximum atomic E-state index is 6.36. The summed E-state index contributed by atoms with van der Waals surface area (Å²) < 4.78 is 6.36. The molecule has 0 aliphatic heterocycles. The Hall–Kier alpha value is -6.12. The lowest BCUT2D eigenvalue weighted by molar-refractivity contribution is 0.670. The molecule has 0 bridgehead atoms. The molecule has 0 unspecified atom stereocenters.